The molecule has 0 aliphatic heterocycles. The maximum Gasteiger partial charge on any atom is 0.339 e. The van der Waals surface area contributed by atoms with Gasteiger partial charge < -0.3 is 36.1 Å². The molecule has 0 aliphatic carbocycles. The number of nitrogens with one attached hydrogen (secondary N) is 6. The predicted octanol–water partition coefficient (Wildman–Crippen LogP) is 7.39. The van der Waals surface area contributed by atoms with Crippen LogP contribution in [0.2, 0.25) is 0 Å². The molecule has 46 heavy (non-hydrogen) atoms. The van der Waals surface area contributed by atoms with Crippen molar-refractivity contribution < 1.29 is 27.0 Å². The van der Waals surface area contributed by atoms with Crippen LogP contribution in [0.1, 0.15) is 0 Å². The molecular weight excluding hydrogens is 608 g/mol. The molecule has 13 heteroatoms. The second-order valence-electron chi connectivity index (χ2n) is 9.62. The SMILES string of the molecule is O=C(Nc1ccccc1)Nc1cc(NC(=O)Nc2ccccc2)cc(S(=O)(=O)Oc2ccccc2NC(=O)Nc2ccccc2)c1. The number of para-hydroxylation sites is 5. The summed E-state index contributed by atoms with van der Waals surface area (Å²) in [6.07, 6.45) is 0. The van der Waals surface area contributed by atoms with Crippen molar-refractivity contribution in [2.75, 3.05) is 31.9 Å². The van der Waals surface area contributed by atoms with Crippen molar-refractivity contribution in [1.82, 2.24) is 0 Å². The Kier molecular flexibility index (Phi) is 9.75. The number of amides is 6. The van der Waals surface area contributed by atoms with E-state index in [1.54, 1.807) is 97.1 Å². The third-order valence-electron chi connectivity index (χ3n) is 6.14. The fourth-order valence-corrected chi connectivity index (χ4v) is 5.15. The Morgan fingerprint density at radius 1 is 0.435 bits per heavy atom. The first-order valence-corrected chi connectivity index (χ1v) is 15.2. The van der Waals surface area contributed by atoms with Gasteiger partial charge in [0.15, 0.2) is 5.75 Å². The Hall–Kier alpha value is -6.34. The Morgan fingerprint density at radius 3 is 1.26 bits per heavy atom. The quantitative estimate of drug-likeness (QED) is 0.0923. The van der Waals surface area contributed by atoms with E-state index in [1.165, 1.54) is 36.4 Å². The monoisotopic (exact) mass is 636 g/mol. The van der Waals surface area contributed by atoms with Crippen LogP contribution in [-0.2, 0) is 10.1 Å². The van der Waals surface area contributed by atoms with Gasteiger partial charge in [0.25, 0.3) is 0 Å². The van der Waals surface area contributed by atoms with Crippen molar-refractivity contribution in [3.8, 4) is 5.75 Å². The molecule has 5 aromatic carbocycles. The maximum atomic E-state index is 13.6. The van der Waals surface area contributed by atoms with Crippen LogP contribution in [0.15, 0.2) is 138 Å². The van der Waals surface area contributed by atoms with E-state index in [-0.39, 0.29) is 27.7 Å². The van der Waals surface area contributed by atoms with Crippen LogP contribution in [-0.4, -0.2) is 26.5 Å². The molecule has 6 amide bonds. The lowest BCUT2D eigenvalue weighted by atomic mass is 10.2. The summed E-state index contributed by atoms with van der Waals surface area (Å²) in [5.41, 5.74) is 1.71. The lowest BCUT2D eigenvalue weighted by Crippen LogP contribution is -2.22. The summed E-state index contributed by atoms with van der Waals surface area (Å²) in [6, 6.07) is 33.8. The third-order valence-corrected chi connectivity index (χ3v) is 7.35. The zero-order chi connectivity index (χ0) is 32.4. The third kappa shape index (κ3) is 8.84. The van der Waals surface area contributed by atoms with Gasteiger partial charge in [-0.3, -0.25) is 0 Å². The Morgan fingerprint density at radius 2 is 0.804 bits per heavy atom. The molecule has 0 aliphatic rings. The van der Waals surface area contributed by atoms with Gasteiger partial charge in [0.05, 0.1) is 5.69 Å². The molecule has 0 heterocycles. The van der Waals surface area contributed by atoms with E-state index in [0.29, 0.717) is 17.1 Å². The molecule has 0 radical (unpaired) electrons. The minimum absolute atomic E-state index is 0.0433. The summed E-state index contributed by atoms with van der Waals surface area (Å²) in [6.45, 7) is 0. The van der Waals surface area contributed by atoms with Crippen molar-refractivity contribution in [3.63, 3.8) is 0 Å². The zero-order valence-electron chi connectivity index (χ0n) is 24.1. The molecule has 6 N–H and O–H groups in total. The van der Waals surface area contributed by atoms with Crippen molar-refractivity contribution in [1.29, 1.82) is 0 Å². The van der Waals surface area contributed by atoms with Gasteiger partial charge in [-0.05, 0) is 66.7 Å². The average molecular weight is 637 g/mol. The summed E-state index contributed by atoms with van der Waals surface area (Å²) >= 11 is 0. The fraction of sp³-hybridized carbons (Fsp3) is 0. The van der Waals surface area contributed by atoms with Crippen LogP contribution >= 0.6 is 0 Å². The van der Waals surface area contributed by atoms with Gasteiger partial charge in [-0.15, -0.1) is 0 Å². The van der Waals surface area contributed by atoms with Gasteiger partial charge in [0.2, 0.25) is 0 Å². The van der Waals surface area contributed by atoms with E-state index in [4.69, 9.17) is 4.18 Å². The van der Waals surface area contributed by atoms with Crippen molar-refractivity contribution in [3.05, 3.63) is 133 Å². The number of carbonyl (C=O) groups excluding carboxylic acids is 3. The largest absolute Gasteiger partial charge is 0.377 e. The molecule has 232 valence electrons. The number of urea groups is 3. The fourth-order valence-electron chi connectivity index (χ4n) is 4.13. The molecule has 5 aromatic rings. The summed E-state index contributed by atoms with van der Waals surface area (Å²) in [4.78, 5) is 37.7. The van der Waals surface area contributed by atoms with Gasteiger partial charge in [0, 0.05) is 28.4 Å². The zero-order valence-corrected chi connectivity index (χ0v) is 24.9. The van der Waals surface area contributed by atoms with E-state index in [2.05, 4.69) is 31.9 Å². The van der Waals surface area contributed by atoms with E-state index in [0.717, 1.165) is 0 Å². The van der Waals surface area contributed by atoms with Gasteiger partial charge in [-0.2, -0.15) is 8.42 Å². The molecular formula is C33H28N6O6S. The second kappa shape index (κ2) is 14.4. The highest BCUT2D eigenvalue weighted by atomic mass is 32.2. The summed E-state index contributed by atoms with van der Waals surface area (Å²) in [5.74, 6) is -0.165. The number of hydrogen-bond donors (Lipinski definition) is 6. The van der Waals surface area contributed by atoms with E-state index >= 15 is 0 Å². The van der Waals surface area contributed by atoms with Crippen molar-refractivity contribution in [2.45, 2.75) is 4.90 Å². The number of rotatable bonds is 9. The average Bonchev–Trinajstić information content (AvgIpc) is 3.03. The highest BCUT2D eigenvalue weighted by Crippen LogP contribution is 2.30. The number of anilines is 6. The predicted molar refractivity (Wildman–Crippen MR) is 178 cm³/mol. The van der Waals surface area contributed by atoms with Crippen LogP contribution in [0.3, 0.4) is 0 Å². The Balaban J connectivity index is 1.39. The van der Waals surface area contributed by atoms with E-state index in [1.807, 2.05) is 0 Å². The van der Waals surface area contributed by atoms with Crippen LogP contribution in [0.25, 0.3) is 0 Å². The number of benzene rings is 5. The van der Waals surface area contributed by atoms with Crippen LogP contribution in [0.4, 0.5) is 48.5 Å². The van der Waals surface area contributed by atoms with Gasteiger partial charge in [-0.25, -0.2) is 14.4 Å². The number of carbonyl (C=O) groups is 3. The molecule has 0 aromatic heterocycles. The van der Waals surface area contributed by atoms with Gasteiger partial charge in [-0.1, -0.05) is 66.7 Å². The van der Waals surface area contributed by atoms with Crippen molar-refractivity contribution in [2.24, 2.45) is 0 Å². The standard InChI is InChI=1S/C33H28N6O6S/c40-31(34-23-12-4-1-5-13-23)37-26-20-27(38-32(41)35-24-14-6-2-7-15-24)22-28(21-26)46(43,44)45-30-19-11-10-18-29(30)39-33(42)36-25-16-8-3-9-17-25/h1-22H,(H2,34,37,40)(H2,35,38,41)(H2,36,39,42). The number of hydrogen-bond acceptors (Lipinski definition) is 6. The first-order valence-electron chi connectivity index (χ1n) is 13.8. The molecule has 0 spiro atoms. The van der Waals surface area contributed by atoms with E-state index < -0.39 is 28.2 Å². The molecule has 0 saturated carbocycles. The Labute approximate surface area is 264 Å². The first-order chi connectivity index (χ1) is 22.2. The topological polar surface area (TPSA) is 167 Å². The molecule has 0 saturated heterocycles. The second-order valence-corrected chi connectivity index (χ2v) is 11.2. The van der Waals surface area contributed by atoms with Crippen molar-refractivity contribution >= 4 is 62.3 Å². The summed E-state index contributed by atoms with van der Waals surface area (Å²) < 4.78 is 32.6. The highest BCUT2D eigenvalue weighted by Gasteiger charge is 2.22. The molecule has 0 fully saturated rings. The lowest BCUT2D eigenvalue weighted by molar-refractivity contribution is 0.261. The minimum atomic E-state index is -4.58. The summed E-state index contributed by atoms with van der Waals surface area (Å²) in [7, 11) is -4.58. The molecule has 5 rings (SSSR count). The first kappa shape index (κ1) is 31.1. The Bertz CT molecular complexity index is 1870. The smallest absolute Gasteiger partial charge is 0.339 e. The van der Waals surface area contributed by atoms with Gasteiger partial charge >= 0.3 is 28.2 Å². The highest BCUT2D eigenvalue weighted by molar-refractivity contribution is 7.87. The molecule has 0 unspecified atom stereocenters. The van der Waals surface area contributed by atoms with Crippen LogP contribution in [0.5, 0.6) is 5.75 Å². The lowest BCUT2D eigenvalue weighted by Gasteiger charge is -2.15. The van der Waals surface area contributed by atoms with Gasteiger partial charge in [0.1, 0.15) is 4.90 Å². The summed E-state index contributed by atoms with van der Waals surface area (Å²) in [5, 5.41) is 15.7. The van der Waals surface area contributed by atoms with Crippen LogP contribution in [0, 0.1) is 0 Å². The van der Waals surface area contributed by atoms with Crippen LogP contribution < -0.4 is 36.1 Å². The minimum Gasteiger partial charge on any atom is -0.377 e. The normalized spacial score (nSPS) is 10.6. The van der Waals surface area contributed by atoms with E-state index in [9.17, 15) is 22.8 Å². The maximum absolute atomic E-state index is 13.6. The molecule has 0 bridgehead atoms. The molecule has 12 nitrogen and oxygen atoms in total. The molecule has 0 atom stereocenters.